The minimum atomic E-state index is -0.856. The summed E-state index contributed by atoms with van der Waals surface area (Å²) in [6.07, 6.45) is -0.390. The van der Waals surface area contributed by atoms with Crippen LogP contribution in [0.1, 0.15) is 16.7 Å². The van der Waals surface area contributed by atoms with Gasteiger partial charge in [-0.05, 0) is 17.7 Å². The zero-order valence-electron chi connectivity index (χ0n) is 16.0. The summed E-state index contributed by atoms with van der Waals surface area (Å²) in [6, 6.07) is 26.4. The SMILES string of the molecule is CO[C@H]1N(C)c2ccccc2[C@]12C(=O)N(Cc1ccccc1)c1ccccc12. The molecule has 2 heterocycles. The van der Waals surface area contributed by atoms with Gasteiger partial charge in [0.1, 0.15) is 5.41 Å². The van der Waals surface area contributed by atoms with Gasteiger partial charge in [0.05, 0.1) is 6.54 Å². The highest BCUT2D eigenvalue weighted by Gasteiger charge is 2.62. The molecule has 0 aromatic heterocycles. The molecule has 1 spiro atoms. The molecule has 1 amide bonds. The van der Waals surface area contributed by atoms with Crippen LogP contribution in [0.15, 0.2) is 78.9 Å². The Bertz CT molecular complexity index is 1050. The standard InChI is InChI=1S/C24H22N2O2/c1-25-20-14-8-6-12-18(20)24(23(25)28-2)19-13-7-9-15-21(19)26(22(24)27)16-17-10-4-3-5-11-17/h3-15,23H,16H2,1-2H3/t23-,24+/m1/s1. The summed E-state index contributed by atoms with van der Waals surface area (Å²) in [7, 11) is 3.68. The second kappa shape index (κ2) is 6.21. The van der Waals surface area contributed by atoms with Gasteiger partial charge in [0, 0.05) is 36.7 Å². The summed E-state index contributed by atoms with van der Waals surface area (Å²) >= 11 is 0. The number of ether oxygens (including phenoxy) is 1. The molecule has 4 nitrogen and oxygen atoms in total. The third-order valence-electron chi connectivity index (χ3n) is 6.04. The molecule has 0 aliphatic carbocycles. The fraction of sp³-hybridized carbons (Fsp3) is 0.208. The number of hydrogen-bond donors (Lipinski definition) is 0. The first-order valence-corrected chi connectivity index (χ1v) is 9.50. The van der Waals surface area contributed by atoms with Gasteiger partial charge in [-0.15, -0.1) is 0 Å². The topological polar surface area (TPSA) is 32.8 Å². The molecular weight excluding hydrogens is 348 g/mol. The number of benzene rings is 3. The van der Waals surface area contributed by atoms with Crippen molar-refractivity contribution in [2.24, 2.45) is 0 Å². The molecular formula is C24H22N2O2. The molecule has 0 unspecified atom stereocenters. The van der Waals surface area contributed by atoms with Crippen molar-refractivity contribution in [1.82, 2.24) is 0 Å². The van der Waals surface area contributed by atoms with Crippen LogP contribution in [0.25, 0.3) is 0 Å². The zero-order chi connectivity index (χ0) is 19.3. The second-order valence-electron chi connectivity index (χ2n) is 7.42. The zero-order valence-corrected chi connectivity index (χ0v) is 16.0. The number of likely N-dealkylation sites (N-methyl/N-ethyl adjacent to an activating group) is 1. The fourth-order valence-electron chi connectivity index (χ4n) is 4.90. The first-order chi connectivity index (χ1) is 13.7. The molecule has 2 aliphatic rings. The molecule has 4 heteroatoms. The van der Waals surface area contributed by atoms with E-state index in [0.29, 0.717) is 6.54 Å². The van der Waals surface area contributed by atoms with Gasteiger partial charge in [0.2, 0.25) is 5.91 Å². The molecule has 140 valence electrons. The van der Waals surface area contributed by atoms with E-state index in [9.17, 15) is 4.79 Å². The predicted molar refractivity (Wildman–Crippen MR) is 110 cm³/mol. The molecule has 2 atom stereocenters. The van der Waals surface area contributed by atoms with E-state index in [0.717, 1.165) is 28.1 Å². The van der Waals surface area contributed by atoms with Crippen LogP contribution in [0.5, 0.6) is 0 Å². The Labute approximate surface area is 165 Å². The molecule has 3 aromatic rings. The molecule has 3 aromatic carbocycles. The Kier molecular flexibility index (Phi) is 3.78. The maximum Gasteiger partial charge on any atom is 0.247 e. The fourth-order valence-corrected chi connectivity index (χ4v) is 4.90. The molecule has 0 saturated carbocycles. The lowest BCUT2D eigenvalue weighted by Crippen LogP contribution is -2.51. The maximum atomic E-state index is 14.1. The van der Waals surface area contributed by atoms with Crippen molar-refractivity contribution in [2.45, 2.75) is 18.2 Å². The van der Waals surface area contributed by atoms with Crippen molar-refractivity contribution in [1.29, 1.82) is 0 Å². The molecule has 0 fully saturated rings. The Balaban J connectivity index is 1.74. The number of amides is 1. The largest absolute Gasteiger partial charge is 0.360 e. The van der Waals surface area contributed by atoms with E-state index in [2.05, 4.69) is 35.2 Å². The average Bonchev–Trinajstić information content (AvgIpc) is 3.14. The van der Waals surface area contributed by atoms with Gasteiger partial charge in [0.15, 0.2) is 6.23 Å². The van der Waals surface area contributed by atoms with Gasteiger partial charge in [-0.2, -0.15) is 0 Å². The summed E-state index contributed by atoms with van der Waals surface area (Å²) in [4.78, 5) is 18.1. The Morgan fingerprint density at radius 2 is 1.43 bits per heavy atom. The van der Waals surface area contributed by atoms with Crippen LogP contribution in [0, 0.1) is 0 Å². The number of hydrogen-bond acceptors (Lipinski definition) is 3. The summed E-state index contributed by atoms with van der Waals surface area (Å²) in [6.45, 7) is 0.542. The van der Waals surface area contributed by atoms with Crippen LogP contribution in [0.4, 0.5) is 11.4 Å². The summed E-state index contributed by atoms with van der Waals surface area (Å²) in [5.41, 5.74) is 4.28. The number of methoxy groups -OCH3 is 1. The first-order valence-electron chi connectivity index (χ1n) is 9.50. The van der Waals surface area contributed by atoms with E-state index in [1.807, 2.05) is 60.5 Å². The normalized spacial score (nSPS) is 22.6. The van der Waals surface area contributed by atoms with Crippen LogP contribution in [0.2, 0.25) is 0 Å². The monoisotopic (exact) mass is 370 g/mol. The maximum absolute atomic E-state index is 14.1. The predicted octanol–water partition coefficient (Wildman–Crippen LogP) is 3.94. The van der Waals surface area contributed by atoms with Gasteiger partial charge in [0.25, 0.3) is 0 Å². The van der Waals surface area contributed by atoms with E-state index >= 15 is 0 Å². The molecule has 2 aliphatic heterocycles. The number of carbonyl (C=O) groups is 1. The van der Waals surface area contributed by atoms with Crippen LogP contribution < -0.4 is 9.80 Å². The van der Waals surface area contributed by atoms with E-state index in [1.165, 1.54) is 0 Å². The van der Waals surface area contributed by atoms with Crippen molar-refractivity contribution >= 4 is 17.3 Å². The molecule has 0 radical (unpaired) electrons. The van der Waals surface area contributed by atoms with Crippen molar-refractivity contribution in [2.75, 3.05) is 24.0 Å². The van der Waals surface area contributed by atoms with Crippen LogP contribution in [0.3, 0.4) is 0 Å². The molecule has 0 saturated heterocycles. The van der Waals surface area contributed by atoms with Crippen molar-refractivity contribution in [3.63, 3.8) is 0 Å². The van der Waals surface area contributed by atoms with Crippen molar-refractivity contribution in [3.8, 4) is 0 Å². The number of para-hydroxylation sites is 2. The lowest BCUT2D eigenvalue weighted by molar-refractivity contribution is -0.125. The van der Waals surface area contributed by atoms with E-state index in [4.69, 9.17) is 4.74 Å². The second-order valence-corrected chi connectivity index (χ2v) is 7.42. The smallest absolute Gasteiger partial charge is 0.247 e. The minimum Gasteiger partial charge on any atom is -0.360 e. The van der Waals surface area contributed by atoms with Gasteiger partial charge < -0.3 is 14.5 Å². The van der Waals surface area contributed by atoms with Crippen molar-refractivity contribution in [3.05, 3.63) is 95.6 Å². The summed E-state index contributed by atoms with van der Waals surface area (Å²) in [5, 5.41) is 0. The van der Waals surface area contributed by atoms with Crippen LogP contribution in [-0.4, -0.2) is 26.3 Å². The molecule has 5 rings (SSSR count). The molecule has 28 heavy (non-hydrogen) atoms. The van der Waals surface area contributed by atoms with Gasteiger partial charge in [-0.3, -0.25) is 4.79 Å². The number of anilines is 2. The number of rotatable bonds is 3. The number of nitrogens with zero attached hydrogens (tertiary/aromatic N) is 2. The highest BCUT2D eigenvalue weighted by molar-refractivity contribution is 6.13. The number of fused-ring (bicyclic) bond motifs is 4. The van der Waals surface area contributed by atoms with Crippen LogP contribution in [-0.2, 0) is 21.5 Å². The minimum absolute atomic E-state index is 0.0706. The summed E-state index contributed by atoms with van der Waals surface area (Å²) < 4.78 is 5.95. The average molecular weight is 370 g/mol. The third-order valence-corrected chi connectivity index (χ3v) is 6.04. The van der Waals surface area contributed by atoms with E-state index in [1.54, 1.807) is 7.11 Å². The Hall–Kier alpha value is -3.11. The molecule has 0 N–H and O–H groups in total. The van der Waals surface area contributed by atoms with Gasteiger partial charge in [-0.1, -0.05) is 66.7 Å². The highest BCUT2D eigenvalue weighted by Crippen LogP contribution is 2.56. The first kappa shape index (κ1) is 17.0. The van der Waals surface area contributed by atoms with E-state index < -0.39 is 5.41 Å². The Morgan fingerprint density at radius 3 is 2.11 bits per heavy atom. The quantitative estimate of drug-likeness (QED) is 0.700. The summed E-state index contributed by atoms with van der Waals surface area (Å²) in [5.74, 6) is 0.0706. The third kappa shape index (κ3) is 2.06. The van der Waals surface area contributed by atoms with Gasteiger partial charge >= 0.3 is 0 Å². The molecule has 0 bridgehead atoms. The number of carbonyl (C=O) groups excluding carboxylic acids is 1. The lowest BCUT2D eigenvalue weighted by Gasteiger charge is -2.33. The highest BCUT2D eigenvalue weighted by atomic mass is 16.5. The van der Waals surface area contributed by atoms with Gasteiger partial charge in [-0.25, -0.2) is 0 Å². The lowest BCUT2D eigenvalue weighted by atomic mass is 9.75. The van der Waals surface area contributed by atoms with Crippen molar-refractivity contribution < 1.29 is 9.53 Å². The van der Waals surface area contributed by atoms with E-state index in [-0.39, 0.29) is 12.1 Å². The Morgan fingerprint density at radius 1 is 0.857 bits per heavy atom. The van der Waals surface area contributed by atoms with Crippen LogP contribution >= 0.6 is 0 Å².